The average Bonchev–Trinajstić information content (AvgIpc) is 2.79. The molecule has 1 atom stereocenters. The summed E-state index contributed by atoms with van der Waals surface area (Å²) in [6.07, 6.45) is 5.06. The number of carbonyl (C=O) groups is 3. The van der Waals surface area contributed by atoms with E-state index in [0.29, 0.717) is 24.3 Å². The van der Waals surface area contributed by atoms with Gasteiger partial charge in [0, 0.05) is 6.54 Å². The number of aryl methyl sites for hydroxylation is 1. The summed E-state index contributed by atoms with van der Waals surface area (Å²) in [4.78, 5) is 36.2. The van der Waals surface area contributed by atoms with Crippen molar-refractivity contribution in [2.75, 3.05) is 6.54 Å². The molecule has 2 aromatic carbocycles. The lowest BCUT2D eigenvalue weighted by Gasteiger charge is -2.36. The number of nitrogens with two attached hydrogens (primary N) is 1. The highest BCUT2D eigenvalue weighted by atomic mass is 16.5. The van der Waals surface area contributed by atoms with E-state index < -0.39 is 18.0 Å². The number of carboxylic acid groups (broad SMARTS) is 1. The monoisotopic (exact) mass is 452 g/mol. The number of ether oxygens (including phenoxy) is 1. The van der Waals surface area contributed by atoms with Crippen molar-refractivity contribution in [1.29, 1.82) is 0 Å². The number of hydrogen-bond donors (Lipinski definition) is 3. The van der Waals surface area contributed by atoms with Crippen LogP contribution in [0.5, 0.6) is 5.75 Å². The van der Waals surface area contributed by atoms with Crippen LogP contribution in [0.25, 0.3) is 0 Å². The third kappa shape index (κ3) is 6.89. The molecule has 1 aliphatic carbocycles. The molecule has 4 N–H and O–H groups in total. The zero-order valence-electron chi connectivity index (χ0n) is 19.0. The first-order valence-electron chi connectivity index (χ1n) is 11.4. The van der Waals surface area contributed by atoms with Gasteiger partial charge in [-0.25, -0.2) is 4.79 Å². The summed E-state index contributed by atoms with van der Waals surface area (Å²) >= 11 is 0. The molecule has 7 nitrogen and oxygen atoms in total. The number of nitrogens with one attached hydrogen (secondary N) is 1. The van der Waals surface area contributed by atoms with Gasteiger partial charge in [0.25, 0.3) is 0 Å². The average molecular weight is 453 g/mol. The summed E-state index contributed by atoms with van der Waals surface area (Å²) in [6.45, 7) is 2.18. The zero-order valence-corrected chi connectivity index (χ0v) is 19.0. The quantitative estimate of drug-likeness (QED) is 0.395. The predicted molar refractivity (Wildman–Crippen MR) is 125 cm³/mol. The third-order valence-electron chi connectivity index (χ3n) is 6.37. The van der Waals surface area contributed by atoms with Crippen LogP contribution in [0.3, 0.4) is 0 Å². The van der Waals surface area contributed by atoms with Gasteiger partial charge < -0.3 is 20.9 Å². The molecule has 0 radical (unpaired) electrons. The molecule has 176 valence electrons. The summed E-state index contributed by atoms with van der Waals surface area (Å²) in [5, 5.41) is 12.2. The summed E-state index contributed by atoms with van der Waals surface area (Å²) < 4.78 is 5.44. The predicted octanol–water partition coefficient (Wildman–Crippen LogP) is 3.63. The maximum Gasteiger partial charge on any atom is 0.343 e. The molecule has 7 heteroatoms. The van der Waals surface area contributed by atoms with Crippen LogP contribution in [0.15, 0.2) is 48.5 Å². The van der Waals surface area contributed by atoms with E-state index in [1.807, 2.05) is 19.1 Å². The Bertz CT molecular complexity index is 980. The van der Waals surface area contributed by atoms with Gasteiger partial charge in [-0.3, -0.25) is 9.59 Å². The van der Waals surface area contributed by atoms with Gasteiger partial charge in [0.1, 0.15) is 5.75 Å². The lowest BCUT2D eigenvalue weighted by atomic mass is 9.71. The number of hydrogen-bond acceptors (Lipinski definition) is 5. The van der Waals surface area contributed by atoms with Crippen LogP contribution < -0.4 is 15.8 Å². The highest BCUT2D eigenvalue weighted by Crippen LogP contribution is 2.38. The van der Waals surface area contributed by atoms with Crippen LogP contribution in [-0.4, -0.2) is 35.5 Å². The van der Waals surface area contributed by atoms with E-state index in [1.54, 1.807) is 36.4 Å². The lowest BCUT2D eigenvalue weighted by Crippen LogP contribution is -2.47. The Morgan fingerprint density at radius 1 is 1.06 bits per heavy atom. The van der Waals surface area contributed by atoms with Crippen LogP contribution in [0.1, 0.15) is 60.0 Å². The Hall–Kier alpha value is -3.19. The van der Waals surface area contributed by atoms with Crippen molar-refractivity contribution in [3.05, 3.63) is 65.2 Å². The highest BCUT2D eigenvalue weighted by Gasteiger charge is 2.35. The first-order chi connectivity index (χ1) is 15.8. The minimum absolute atomic E-state index is 0.0607. The van der Waals surface area contributed by atoms with Gasteiger partial charge in [-0.15, -0.1) is 0 Å². The van der Waals surface area contributed by atoms with Gasteiger partial charge >= 0.3 is 11.9 Å². The zero-order chi connectivity index (χ0) is 23.8. The smallest absolute Gasteiger partial charge is 0.343 e. The number of benzene rings is 2. The first kappa shape index (κ1) is 24.5. The van der Waals surface area contributed by atoms with Crippen molar-refractivity contribution in [2.24, 2.45) is 11.1 Å². The summed E-state index contributed by atoms with van der Waals surface area (Å²) in [5.74, 6) is -1.13. The number of carboxylic acids is 1. The molecule has 1 amide bonds. The minimum atomic E-state index is -0.835. The maximum atomic E-state index is 12.6. The molecule has 0 unspecified atom stereocenters. The summed E-state index contributed by atoms with van der Waals surface area (Å²) in [7, 11) is 0. The SMILES string of the molecule is Cc1ccccc1C(=O)Oc1ccc(C[C@@H](N)C(=O)NCC2(CC(=O)O)CCCCC2)cc1. The minimum Gasteiger partial charge on any atom is -0.481 e. The fourth-order valence-electron chi connectivity index (χ4n) is 4.45. The normalized spacial score (nSPS) is 15.9. The number of aliphatic carboxylic acids is 1. The Morgan fingerprint density at radius 2 is 1.73 bits per heavy atom. The molecule has 2 aromatic rings. The van der Waals surface area contributed by atoms with E-state index >= 15 is 0 Å². The van der Waals surface area contributed by atoms with E-state index in [9.17, 15) is 19.5 Å². The molecule has 0 aliphatic heterocycles. The van der Waals surface area contributed by atoms with Gasteiger partial charge in [0.05, 0.1) is 18.0 Å². The molecule has 1 aliphatic rings. The molecule has 0 heterocycles. The van der Waals surface area contributed by atoms with Gasteiger partial charge in [-0.1, -0.05) is 49.6 Å². The van der Waals surface area contributed by atoms with Crippen molar-refractivity contribution >= 4 is 17.8 Å². The molecule has 0 bridgehead atoms. The van der Waals surface area contributed by atoms with Crippen molar-refractivity contribution in [2.45, 2.75) is 57.9 Å². The summed E-state index contributed by atoms with van der Waals surface area (Å²) in [6, 6.07) is 13.4. The molecule has 0 spiro atoms. The van der Waals surface area contributed by atoms with Gasteiger partial charge in [0.2, 0.25) is 5.91 Å². The van der Waals surface area contributed by atoms with Crippen molar-refractivity contribution in [1.82, 2.24) is 5.32 Å². The summed E-state index contributed by atoms with van der Waals surface area (Å²) in [5.41, 5.74) is 7.91. The molecule has 1 saturated carbocycles. The Labute approximate surface area is 194 Å². The fourth-order valence-corrected chi connectivity index (χ4v) is 4.45. The largest absolute Gasteiger partial charge is 0.481 e. The molecule has 0 saturated heterocycles. The Balaban J connectivity index is 1.52. The second kappa shape index (κ2) is 11.1. The molecular formula is C26H32N2O5. The molecular weight excluding hydrogens is 420 g/mol. The third-order valence-corrected chi connectivity index (χ3v) is 6.37. The Kier molecular flexibility index (Phi) is 8.22. The number of esters is 1. The molecule has 3 rings (SSSR count). The van der Waals surface area contributed by atoms with Crippen LogP contribution >= 0.6 is 0 Å². The standard InChI is InChI=1S/C26H32N2O5/c1-18-7-3-4-8-21(18)25(32)33-20-11-9-19(10-12-20)15-22(27)24(31)28-17-26(16-23(29)30)13-5-2-6-14-26/h3-4,7-12,22H,2,5-6,13-17,27H2,1H3,(H,28,31)(H,29,30)/t22-/m1/s1. The second-order valence-corrected chi connectivity index (χ2v) is 9.01. The Morgan fingerprint density at radius 3 is 2.36 bits per heavy atom. The topological polar surface area (TPSA) is 119 Å². The van der Waals surface area contributed by atoms with E-state index in [-0.39, 0.29) is 17.7 Å². The first-order valence-corrected chi connectivity index (χ1v) is 11.4. The van der Waals surface area contributed by atoms with Crippen LogP contribution in [0.2, 0.25) is 0 Å². The number of rotatable bonds is 9. The van der Waals surface area contributed by atoms with Gasteiger partial charge in [-0.05, 0) is 60.9 Å². The van der Waals surface area contributed by atoms with E-state index in [4.69, 9.17) is 10.5 Å². The molecule has 33 heavy (non-hydrogen) atoms. The van der Waals surface area contributed by atoms with Crippen molar-refractivity contribution in [3.63, 3.8) is 0 Å². The highest BCUT2D eigenvalue weighted by molar-refractivity contribution is 5.92. The second-order valence-electron chi connectivity index (χ2n) is 9.01. The van der Waals surface area contributed by atoms with Crippen LogP contribution in [-0.2, 0) is 16.0 Å². The van der Waals surface area contributed by atoms with Gasteiger partial charge in [-0.2, -0.15) is 0 Å². The van der Waals surface area contributed by atoms with E-state index in [1.165, 1.54) is 0 Å². The van der Waals surface area contributed by atoms with E-state index in [0.717, 1.165) is 43.2 Å². The lowest BCUT2D eigenvalue weighted by molar-refractivity contribution is -0.140. The number of amides is 1. The van der Waals surface area contributed by atoms with Crippen molar-refractivity contribution < 1.29 is 24.2 Å². The fraction of sp³-hybridized carbons (Fsp3) is 0.423. The maximum absolute atomic E-state index is 12.6. The van der Waals surface area contributed by atoms with E-state index in [2.05, 4.69) is 5.32 Å². The van der Waals surface area contributed by atoms with Crippen LogP contribution in [0, 0.1) is 12.3 Å². The van der Waals surface area contributed by atoms with Crippen LogP contribution in [0.4, 0.5) is 0 Å². The van der Waals surface area contributed by atoms with Crippen molar-refractivity contribution in [3.8, 4) is 5.75 Å². The molecule has 0 aromatic heterocycles. The molecule has 1 fully saturated rings. The van der Waals surface area contributed by atoms with Gasteiger partial charge in [0.15, 0.2) is 0 Å². The number of carbonyl (C=O) groups excluding carboxylic acids is 2.